The fraction of sp³-hybridized carbons (Fsp3) is 0.500. The SMILES string of the molecule is CCc1ccc(CN2C[C@H]3C[C@@H](Oc4ccccc4OC)[C@H](O)C[C@H]3C2)cc1. The van der Waals surface area contributed by atoms with Crippen LogP contribution in [0.2, 0.25) is 0 Å². The molecule has 0 bridgehead atoms. The monoisotopic (exact) mass is 381 g/mol. The number of aliphatic hydroxyl groups excluding tert-OH is 1. The third-order valence-corrected chi connectivity index (χ3v) is 6.35. The summed E-state index contributed by atoms with van der Waals surface area (Å²) in [4.78, 5) is 2.54. The minimum absolute atomic E-state index is 0.165. The van der Waals surface area contributed by atoms with Gasteiger partial charge in [-0.2, -0.15) is 0 Å². The summed E-state index contributed by atoms with van der Waals surface area (Å²) in [5, 5.41) is 10.7. The molecule has 28 heavy (non-hydrogen) atoms. The van der Waals surface area contributed by atoms with E-state index in [0.717, 1.165) is 50.4 Å². The number of hydrogen-bond acceptors (Lipinski definition) is 4. The van der Waals surface area contributed by atoms with Crippen molar-refractivity contribution >= 4 is 0 Å². The van der Waals surface area contributed by atoms with Crippen molar-refractivity contribution in [2.24, 2.45) is 11.8 Å². The van der Waals surface area contributed by atoms with Gasteiger partial charge in [0.05, 0.1) is 13.2 Å². The van der Waals surface area contributed by atoms with Crippen molar-refractivity contribution < 1.29 is 14.6 Å². The number of hydrogen-bond donors (Lipinski definition) is 1. The van der Waals surface area contributed by atoms with Crippen molar-refractivity contribution in [3.05, 3.63) is 59.7 Å². The van der Waals surface area contributed by atoms with E-state index in [1.54, 1.807) is 7.11 Å². The van der Waals surface area contributed by atoms with Gasteiger partial charge in [-0.25, -0.2) is 0 Å². The van der Waals surface area contributed by atoms with Gasteiger partial charge in [-0.3, -0.25) is 4.90 Å². The topological polar surface area (TPSA) is 41.9 Å². The molecule has 1 aliphatic carbocycles. The molecule has 0 radical (unpaired) electrons. The van der Waals surface area contributed by atoms with E-state index >= 15 is 0 Å². The number of aliphatic hydroxyl groups is 1. The second-order valence-electron chi connectivity index (χ2n) is 8.23. The van der Waals surface area contributed by atoms with Crippen molar-refractivity contribution in [3.8, 4) is 11.5 Å². The van der Waals surface area contributed by atoms with Gasteiger partial charge in [-0.05, 0) is 54.4 Å². The van der Waals surface area contributed by atoms with Gasteiger partial charge in [0, 0.05) is 19.6 Å². The molecule has 2 aromatic carbocycles. The molecule has 0 aromatic heterocycles. The van der Waals surface area contributed by atoms with Gasteiger partial charge in [0.1, 0.15) is 6.10 Å². The van der Waals surface area contributed by atoms with Gasteiger partial charge in [0.2, 0.25) is 0 Å². The molecule has 0 unspecified atom stereocenters. The van der Waals surface area contributed by atoms with Gasteiger partial charge in [-0.1, -0.05) is 43.3 Å². The highest BCUT2D eigenvalue weighted by molar-refractivity contribution is 5.39. The van der Waals surface area contributed by atoms with E-state index in [9.17, 15) is 5.11 Å². The smallest absolute Gasteiger partial charge is 0.161 e. The van der Waals surface area contributed by atoms with Crippen LogP contribution in [0.5, 0.6) is 11.5 Å². The van der Waals surface area contributed by atoms with Crippen molar-refractivity contribution in [2.75, 3.05) is 20.2 Å². The van der Waals surface area contributed by atoms with Gasteiger partial charge in [0.15, 0.2) is 11.5 Å². The van der Waals surface area contributed by atoms with E-state index in [1.165, 1.54) is 11.1 Å². The summed E-state index contributed by atoms with van der Waals surface area (Å²) in [7, 11) is 1.65. The number of likely N-dealkylation sites (tertiary alicyclic amines) is 1. The van der Waals surface area contributed by atoms with E-state index in [4.69, 9.17) is 9.47 Å². The van der Waals surface area contributed by atoms with E-state index in [0.29, 0.717) is 11.8 Å². The average molecular weight is 382 g/mol. The van der Waals surface area contributed by atoms with Crippen LogP contribution in [-0.2, 0) is 13.0 Å². The number of methoxy groups -OCH3 is 1. The number of aryl methyl sites for hydroxylation is 1. The first-order valence-corrected chi connectivity index (χ1v) is 10.4. The molecule has 4 nitrogen and oxygen atoms in total. The van der Waals surface area contributed by atoms with E-state index in [1.807, 2.05) is 24.3 Å². The van der Waals surface area contributed by atoms with Crippen LogP contribution in [0.1, 0.15) is 30.9 Å². The van der Waals surface area contributed by atoms with E-state index in [-0.39, 0.29) is 6.10 Å². The predicted molar refractivity (Wildman–Crippen MR) is 111 cm³/mol. The Hall–Kier alpha value is -2.04. The fourth-order valence-corrected chi connectivity index (χ4v) is 4.76. The molecule has 1 saturated heterocycles. The predicted octanol–water partition coefficient (Wildman–Crippen LogP) is 3.91. The summed E-state index contributed by atoms with van der Waals surface area (Å²) < 4.78 is 11.6. The minimum Gasteiger partial charge on any atom is -0.493 e. The summed E-state index contributed by atoms with van der Waals surface area (Å²) in [6.07, 6.45) is 2.21. The first-order valence-electron chi connectivity index (χ1n) is 10.4. The third kappa shape index (κ3) is 4.18. The van der Waals surface area contributed by atoms with Crippen LogP contribution in [0.4, 0.5) is 0 Å². The summed E-state index contributed by atoms with van der Waals surface area (Å²) in [6.45, 7) is 5.33. The highest BCUT2D eigenvalue weighted by Gasteiger charge is 2.42. The number of rotatable bonds is 6. The van der Waals surface area contributed by atoms with Crippen molar-refractivity contribution in [3.63, 3.8) is 0 Å². The molecule has 0 spiro atoms. The molecular formula is C24H31NO3. The Morgan fingerprint density at radius 1 is 0.929 bits per heavy atom. The van der Waals surface area contributed by atoms with Crippen molar-refractivity contribution in [2.45, 2.75) is 44.9 Å². The Balaban J connectivity index is 1.37. The van der Waals surface area contributed by atoms with Crippen LogP contribution >= 0.6 is 0 Å². The molecule has 2 aromatic rings. The van der Waals surface area contributed by atoms with Crippen molar-refractivity contribution in [1.82, 2.24) is 4.90 Å². The second-order valence-corrected chi connectivity index (χ2v) is 8.23. The first-order chi connectivity index (χ1) is 13.7. The minimum atomic E-state index is -0.421. The third-order valence-electron chi connectivity index (χ3n) is 6.35. The number of fused-ring (bicyclic) bond motifs is 1. The van der Waals surface area contributed by atoms with E-state index in [2.05, 4.69) is 36.1 Å². The average Bonchev–Trinajstić information content (AvgIpc) is 3.10. The zero-order chi connectivity index (χ0) is 19.5. The maximum absolute atomic E-state index is 10.7. The molecule has 4 atom stereocenters. The lowest BCUT2D eigenvalue weighted by molar-refractivity contribution is -0.0240. The largest absolute Gasteiger partial charge is 0.493 e. The summed E-state index contributed by atoms with van der Waals surface area (Å²) in [5.74, 6) is 2.58. The molecular weight excluding hydrogens is 350 g/mol. The molecule has 1 N–H and O–H groups in total. The Morgan fingerprint density at radius 3 is 2.25 bits per heavy atom. The molecule has 2 fully saturated rings. The summed E-state index contributed by atoms with van der Waals surface area (Å²) in [6, 6.07) is 16.7. The maximum atomic E-state index is 10.7. The number of para-hydroxylation sites is 2. The first kappa shape index (κ1) is 19.3. The van der Waals surface area contributed by atoms with Gasteiger partial charge in [-0.15, -0.1) is 0 Å². The lowest BCUT2D eigenvalue weighted by Gasteiger charge is -2.35. The maximum Gasteiger partial charge on any atom is 0.161 e. The van der Waals surface area contributed by atoms with Crippen molar-refractivity contribution in [1.29, 1.82) is 0 Å². The molecule has 1 aliphatic heterocycles. The fourth-order valence-electron chi connectivity index (χ4n) is 4.76. The van der Waals surface area contributed by atoms with E-state index < -0.39 is 6.10 Å². The Bertz CT molecular complexity index is 776. The van der Waals surface area contributed by atoms with Crippen LogP contribution in [0, 0.1) is 11.8 Å². The summed E-state index contributed by atoms with van der Waals surface area (Å²) >= 11 is 0. The molecule has 0 amide bonds. The molecule has 4 rings (SSSR count). The quantitative estimate of drug-likeness (QED) is 0.824. The molecule has 1 saturated carbocycles. The van der Waals surface area contributed by atoms with Crippen LogP contribution in [0.3, 0.4) is 0 Å². The Morgan fingerprint density at radius 2 is 1.57 bits per heavy atom. The zero-order valence-electron chi connectivity index (χ0n) is 16.9. The van der Waals surface area contributed by atoms with Crippen LogP contribution in [0.15, 0.2) is 48.5 Å². The lowest BCUT2D eigenvalue weighted by Crippen LogP contribution is -2.42. The molecule has 150 valence electrons. The number of benzene rings is 2. The Labute approximate surface area is 168 Å². The normalized spacial score (nSPS) is 27.4. The standard InChI is InChI=1S/C24H31NO3/c1-3-17-8-10-18(11-9-17)14-25-15-19-12-21(26)24(13-20(19)16-25)28-23-7-5-4-6-22(23)27-2/h4-11,19-21,24,26H,3,12-16H2,1-2H3/t19-,20+,21+,24+/m0/s1. The van der Waals surface area contributed by atoms with Crippen LogP contribution in [-0.4, -0.2) is 42.4 Å². The number of ether oxygens (including phenoxy) is 2. The number of nitrogens with zero attached hydrogens (tertiary/aromatic N) is 1. The van der Waals surface area contributed by atoms with Crippen LogP contribution in [0.25, 0.3) is 0 Å². The van der Waals surface area contributed by atoms with Gasteiger partial charge < -0.3 is 14.6 Å². The molecule has 1 heterocycles. The van der Waals surface area contributed by atoms with Gasteiger partial charge >= 0.3 is 0 Å². The molecule has 4 heteroatoms. The lowest BCUT2D eigenvalue weighted by atomic mass is 9.78. The second kappa shape index (κ2) is 8.54. The highest BCUT2D eigenvalue weighted by Crippen LogP contribution is 2.39. The zero-order valence-corrected chi connectivity index (χ0v) is 16.9. The summed E-state index contributed by atoms with van der Waals surface area (Å²) in [5.41, 5.74) is 2.76. The van der Waals surface area contributed by atoms with Gasteiger partial charge in [0.25, 0.3) is 0 Å². The Kier molecular flexibility index (Phi) is 5.88. The molecule has 2 aliphatic rings. The van der Waals surface area contributed by atoms with Crippen LogP contribution < -0.4 is 9.47 Å². The highest BCUT2D eigenvalue weighted by atomic mass is 16.5.